The van der Waals surface area contributed by atoms with Crippen LogP contribution < -0.4 is 5.32 Å². The van der Waals surface area contributed by atoms with E-state index in [0.29, 0.717) is 34.6 Å². The van der Waals surface area contributed by atoms with Crippen LogP contribution in [0, 0.1) is 11.7 Å². The molecule has 13 heteroatoms. The Morgan fingerprint density at radius 1 is 1.13 bits per heavy atom. The summed E-state index contributed by atoms with van der Waals surface area (Å²) in [4.78, 5) is 33.0. The number of carbonyl (C=O) groups excluding carboxylic acids is 1. The minimum atomic E-state index is -4.91. The van der Waals surface area contributed by atoms with Gasteiger partial charge in [0.15, 0.2) is 0 Å². The molecule has 3 aliphatic heterocycles. The molecule has 8 rings (SSSR count). The van der Waals surface area contributed by atoms with E-state index in [9.17, 15) is 27.9 Å². The van der Waals surface area contributed by atoms with Gasteiger partial charge in [-0.2, -0.15) is 13.2 Å². The van der Waals surface area contributed by atoms with Gasteiger partial charge in [0.05, 0.1) is 27.2 Å². The summed E-state index contributed by atoms with van der Waals surface area (Å²) in [5, 5.41) is 12.8. The number of carboxylic acid groups (broad SMARTS) is 1. The topological polar surface area (TPSA) is 87.5 Å². The second-order valence-corrected chi connectivity index (χ2v) is 12.8. The number of fused-ring (bicyclic) bond motifs is 7. The van der Waals surface area contributed by atoms with Crippen molar-refractivity contribution >= 4 is 51.8 Å². The van der Waals surface area contributed by atoms with Crippen LogP contribution in [0.4, 0.5) is 23.2 Å². The van der Waals surface area contributed by atoms with Crippen molar-refractivity contribution < 1.29 is 32.3 Å². The Hall–Kier alpha value is -3.67. The molecule has 0 unspecified atom stereocenters. The molecule has 234 valence electrons. The monoisotopic (exact) mass is 660 g/mol. The number of aromatic carboxylic acids is 1. The van der Waals surface area contributed by atoms with Crippen molar-refractivity contribution in [3.05, 3.63) is 92.5 Å². The molecule has 3 aromatic carbocycles. The van der Waals surface area contributed by atoms with Gasteiger partial charge in [-0.1, -0.05) is 48.8 Å². The van der Waals surface area contributed by atoms with Gasteiger partial charge in [0, 0.05) is 47.2 Å². The number of benzene rings is 3. The van der Waals surface area contributed by atoms with E-state index < -0.39 is 52.5 Å². The third kappa shape index (κ3) is 4.09. The number of nitrogens with one attached hydrogen (secondary N) is 1. The molecule has 7 nitrogen and oxygen atoms in total. The van der Waals surface area contributed by atoms with Crippen LogP contribution in [0.2, 0.25) is 10.0 Å². The van der Waals surface area contributed by atoms with Gasteiger partial charge in [-0.3, -0.25) is 9.69 Å². The molecular formula is C32H26Cl2F4N4O3. The predicted octanol–water partition coefficient (Wildman–Crippen LogP) is 7.66. The van der Waals surface area contributed by atoms with Crippen LogP contribution in [0.25, 0.3) is 11.0 Å². The molecule has 4 heterocycles. The minimum Gasteiger partial charge on any atom is -0.478 e. The lowest BCUT2D eigenvalue weighted by atomic mass is 9.71. The third-order valence-electron chi connectivity index (χ3n) is 9.65. The van der Waals surface area contributed by atoms with Crippen molar-refractivity contribution in [2.24, 2.45) is 5.92 Å². The Morgan fingerprint density at radius 3 is 2.58 bits per heavy atom. The van der Waals surface area contributed by atoms with Gasteiger partial charge in [0.1, 0.15) is 17.2 Å². The predicted molar refractivity (Wildman–Crippen MR) is 160 cm³/mol. The standard InChI is InChI=1S/C31H22Cl2F4N4O3.CH4/c32-14-6-7-17-20(8-14)39-29(44)30(17)25(15-2-1-3-19(33)26(15)34)24-23(41(30)11-13-4-5-13)12-40-22-10-18(31(35,36)37)16(28(42)43)9-21(22)38-27(24)40;/h1-3,6-10,13,23-25H,4-5,11-12H2,(H,39,44)(H,42,43);1H4/t23-,24+,25-,30+;/m0./s1. The first kappa shape index (κ1) is 30.0. The number of nitrogens with zero attached hydrogens (tertiary/aromatic N) is 3. The van der Waals surface area contributed by atoms with Crippen molar-refractivity contribution in [1.82, 2.24) is 14.5 Å². The maximum atomic E-state index is 16.1. The Kier molecular flexibility index (Phi) is 6.61. The summed E-state index contributed by atoms with van der Waals surface area (Å²) in [6.45, 7) is 0.679. The van der Waals surface area contributed by atoms with Crippen LogP contribution >= 0.6 is 23.2 Å². The van der Waals surface area contributed by atoms with Crippen LogP contribution in [0.1, 0.15) is 65.0 Å². The zero-order valence-corrected chi connectivity index (χ0v) is 24.1. The molecule has 0 radical (unpaired) electrons. The van der Waals surface area contributed by atoms with Gasteiger partial charge in [0.2, 0.25) is 5.91 Å². The molecule has 4 aliphatic rings. The van der Waals surface area contributed by atoms with E-state index in [1.54, 1.807) is 34.9 Å². The van der Waals surface area contributed by atoms with Crippen LogP contribution in [0.3, 0.4) is 0 Å². The quantitative estimate of drug-likeness (QED) is 0.220. The summed E-state index contributed by atoms with van der Waals surface area (Å²) in [6.07, 6.45) is -3.01. The number of halogens is 6. The van der Waals surface area contributed by atoms with Crippen LogP contribution in [0.15, 0.2) is 48.5 Å². The highest BCUT2D eigenvalue weighted by Gasteiger charge is 2.70. The van der Waals surface area contributed by atoms with Crippen molar-refractivity contribution in [2.45, 2.75) is 56.4 Å². The summed E-state index contributed by atoms with van der Waals surface area (Å²) in [6, 6.07) is 11.0. The number of rotatable bonds is 4. The van der Waals surface area contributed by atoms with E-state index in [1.165, 1.54) is 6.07 Å². The smallest absolute Gasteiger partial charge is 0.417 e. The number of hydrogen-bond donors (Lipinski definition) is 2. The summed E-state index contributed by atoms with van der Waals surface area (Å²) in [7, 11) is 0. The number of alkyl halides is 3. The highest BCUT2D eigenvalue weighted by atomic mass is 35.5. The molecule has 2 N–H and O–H groups in total. The number of likely N-dealkylation sites (tertiary alicyclic amines) is 1. The molecule has 1 amide bonds. The van der Waals surface area contributed by atoms with Crippen LogP contribution in [0.5, 0.6) is 0 Å². The fraction of sp³-hybridized carbons (Fsp3) is 0.344. The van der Waals surface area contributed by atoms with E-state index in [4.69, 9.17) is 28.2 Å². The number of carboxylic acids is 1. The maximum absolute atomic E-state index is 16.1. The number of aromatic nitrogens is 2. The molecule has 1 saturated carbocycles. The summed E-state index contributed by atoms with van der Waals surface area (Å²) in [5.41, 5.74) is -2.06. The van der Waals surface area contributed by atoms with Crippen molar-refractivity contribution in [3.8, 4) is 0 Å². The first-order valence-corrected chi connectivity index (χ1v) is 14.8. The van der Waals surface area contributed by atoms with Crippen molar-refractivity contribution in [1.29, 1.82) is 0 Å². The lowest BCUT2D eigenvalue weighted by Gasteiger charge is -2.40. The number of imidazole rings is 1. The second kappa shape index (κ2) is 9.91. The van der Waals surface area contributed by atoms with E-state index in [-0.39, 0.29) is 41.5 Å². The Bertz CT molecular complexity index is 1940. The Labute approximate surface area is 264 Å². The van der Waals surface area contributed by atoms with E-state index in [1.807, 2.05) is 0 Å². The van der Waals surface area contributed by atoms with E-state index in [2.05, 4.69) is 10.2 Å². The van der Waals surface area contributed by atoms with Gasteiger partial charge in [-0.05, 0) is 54.7 Å². The summed E-state index contributed by atoms with van der Waals surface area (Å²) in [5.74, 6) is -3.66. The van der Waals surface area contributed by atoms with Gasteiger partial charge in [0.25, 0.3) is 0 Å². The largest absolute Gasteiger partial charge is 0.478 e. The molecule has 2 fully saturated rings. The molecule has 45 heavy (non-hydrogen) atoms. The average molecular weight is 661 g/mol. The fourth-order valence-corrected chi connectivity index (χ4v) is 8.16. The van der Waals surface area contributed by atoms with Crippen LogP contribution in [-0.4, -0.2) is 44.0 Å². The van der Waals surface area contributed by atoms with Gasteiger partial charge in [-0.25, -0.2) is 14.2 Å². The molecule has 4 atom stereocenters. The zero-order valence-electron chi connectivity index (χ0n) is 22.6. The van der Waals surface area contributed by atoms with Gasteiger partial charge >= 0.3 is 12.1 Å². The number of carbonyl (C=O) groups is 2. The van der Waals surface area contributed by atoms with Crippen LogP contribution in [-0.2, 0) is 23.1 Å². The van der Waals surface area contributed by atoms with Crippen molar-refractivity contribution in [3.63, 3.8) is 0 Å². The van der Waals surface area contributed by atoms with Gasteiger partial charge in [-0.15, -0.1) is 0 Å². The fourth-order valence-electron chi connectivity index (χ4n) is 7.81. The second-order valence-electron chi connectivity index (χ2n) is 12.0. The number of hydrogen-bond acceptors (Lipinski definition) is 4. The summed E-state index contributed by atoms with van der Waals surface area (Å²) >= 11 is 12.6. The molecule has 1 aromatic heterocycles. The maximum Gasteiger partial charge on any atom is 0.417 e. The number of anilines is 1. The molecule has 0 bridgehead atoms. The normalized spacial score (nSPS) is 25.3. The van der Waals surface area contributed by atoms with E-state index >= 15 is 4.39 Å². The lowest BCUT2D eigenvalue weighted by Crippen LogP contribution is -2.53. The zero-order chi connectivity index (χ0) is 30.9. The molecule has 1 aliphatic carbocycles. The van der Waals surface area contributed by atoms with E-state index in [0.717, 1.165) is 25.0 Å². The molecular weight excluding hydrogens is 635 g/mol. The third-order valence-corrected chi connectivity index (χ3v) is 10.2. The number of amides is 1. The first-order valence-electron chi connectivity index (χ1n) is 14.1. The van der Waals surface area contributed by atoms with Crippen molar-refractivity contribution in [2.75, 3.05) is 11.9 Å². The average Bonchev–Trinajstić information content (AvgIpc) is 3.41. The first-order chi connectivity index (χ1) is 20.9. The SMILES string of the molecule is C.O=C(O)c1cc2nc3n(c2cc1C(F)(F)F)C[C@H]1[C@@H]3[C@H](c2cccc(Cl)c2F)[C@]2(C(=O)Nc3cc(Cl)ccc32)N1CC1CC1. The Balaban J connectivity index is 0.00000325. The Morgan fingerprint density at radius 2 is 1.89 bits per heavy atom. The molecule has 1 spiro atoms. The lowest BCUT2D eigenvalue weighted by molar-refractivity contribution is -0.138. The molecule has 4 aromatic rings. The molecule has 1 saturated heterocycles. The van der Waals surface area contributed by atoms with Gasteiger partial charge < -0.3 is 15.0 Å². The highest BCUT2D eigenvalue weighted by Crippen LogP contribution is 2.65. The minimum absolute atomic E-state index is 0. The summed E-state index contributed by atoms with van der Waals surface area (Å²) < 4.78 is 59.8. The highest BCUT2D eigenvalue weighted by molar-refractivity contribution is 6.31.